The van der Waals surface area contributed by atoms with E-state index in [9.17, 15) is 0 Å². The molecule has 2 aliphatic heterocycles. The summed E-state index contributed by atoms with van der Waals surface area (Å²) >= 11 is 0. The van der Waals surface area contributed by atoms with E-state index in [2.05, 4.69) is 35.3 Å². The third-order valence-electron chi connectivity index (χ3n) is 4.61. The number of hydrazone groups is 1. The Morgan fingerprint density at radius 3 is 2.00 bits per heavy atom. The number of nitrogens with one attached hydrogen (secondary N) is 1. The Balaban J connectivity index is 1.48. The van der Waals surface area contributed by atoms with Crippen molar-refractivity contribution in [1.82, 2.24) is 15.0 Å². The fourth-order valence-corrected chi connectivity index (χ4v) is 3.07. The number of rotatable bonds is 6. The lowest BCUT2D eigenvalue weighted by Crippen LogP contribution is -2.40. The van der Waals surface area contributed by atoms with Crippen LogP contribution in [0.1, 0.15) is 5.56 Å². The van der Waals surface area contributed by atoms with Gasteiger partial charge in [0.15, 0.2) is 0 Å². The van der Waals surface area contributed by atoms with Gasteiger partial charge in [-0.2, -0.15) is 20.1 Å². The van der Waals surface area contributed by atoms with Gasteiger partial charge in [0.25, 0.3) is 0 Å². The number of hydrogen-bond donors (Lipinski definition) is 1. The summed E-state index contributed by atoms with van der Waals surface area (Å²) in [5, 5.41) is 4.23. The van der Waals surface area contributed by atoms with Crippen molar-refractivity contribution in [3.05, 3.63) is 42.0 Å². The van der Waals surface area contributed by atoms with Crippen molar-refractivity contribution in [3.63, 3.8) is 0 Å². The lowest BCUT2D eigenvalue weighted by Gasteiger charge is -2.30. The Kier molecular flexibility index (Phi) is 6.61. The van der Waals surface area contributed by atoms with Gasteiger partial charge in [-0.15, -0.1) is 0 Å². The Morgan fingerprint density at radius 2 is 1.41 bits per heavy atom. The van der Waals surface area contributed by atoms with Crippen molar-refractivity contribution < 1.29 is 9.47 Å². The Morgan fingerprint density at radius 1 is 0.828 bits per heavy atom. The zero-order chi connectivity index (χ0) is 19.7. The van der Waals surface area contributed by atoms with Gasteiger partial charge in [-0.3, -0.25) is 0 Å². The number of allylic oxidation sites excluding steroid dienone is 1. The van der Waals surface area contributed by atoms with Gasteiger partial charge in [0, 0.05) is 32.4 Å². The average molecular weight is 395 g/mol. The molecule has 2 aromatic rings. The summed E-state index contributed by atoms with van der Waals surface area (Å²) in [6.07, 6.45) is 5.53. The van der Waals surface area contributed by atoms with E-state index >= 15 is 0 Å². The van der Waals surface area contributed by atoms with E-state index in [-0.39, 0.29) is 0 Å². The summed E-state index contributed by atoms with van der Waals surface area (Å²) in [5.41, 5.74) is 4.04. The first kappa shape index (κ1) is 19.3. The quantitative estimate of drug-likeness (QED) is 0.584. The number of morpholine rings is 2. The number of hydrogen-bond acceptors (Lipinski definition) is 9. The van der Waals surface area contributed by atoms with E-state index in [1.54, 1.807) is 6.21 Å². The van der Waals surface area contributed by atoms with Crippen LogP contribution < -0.4 is 15.2 Å². The normalized spacial score (nSPS) is 17.9. The van der Waals surface area contributed by atoms with Crippen molar-refractivity contribution in [3.8, 4) is 0 Å². The minimum atomic E-state index is 0.423. The van der Waals surface area contributed by atoms with Crippen molar-refractivity contribution in [2.45, 2.75) is 0 Å². The van der Waals surface area contributed by atoms with Gasteiger partial charge in [0.05, 0.1) is 26.4 Å². The molecule has 0 aliphatic carbocycles. The predicted octanol–water partition coefficient (Wildman–Crippen LogP) is 1.66. The number of anilines is 3. The Labute approximate surface area is 170 Å². The molecule has 0 spiro atoms. The Bertz CT molecular complexity index is 796. The molecule has 0 atom stereocenters. The zero-order valence-electron chi connectivity index (χ0n) is 16.3. The van der Waals surface area contributed by atoms with Crippen molar-refractivity contribution in [2.75, 3.05) is 67.8 Å². The Hall–Kier alpha value is -3.04. The standard InChI is InChI=1S/C20H25N7O2/c1-2-5-17(6-3-1)7-4-8-21-25-18-22-19(26-9-13-28-14-10-26)24-20(23-18)27-11-15-29-16-12-27/h1-8H,9-16H2,(H,22,23,24,25)/b7-4+,21-8-. The van der Waals surface area contributed by atoms with Crippen molar-refractivity contribution in [1.29, 1.82) is 0 Å². The third kappa shape index (κ3) is 5.49. The van der Waals surface area contributed by atoms with Gasteiger partial charge in [-0.05, 0) is 11.6 Å². The molecule has 152 valence electrons. The molecule has 0 saturated carbocycles. The SMILES string of the molecule is C(/C=C/c1ccccc1)=N/Nc1nc(N2CCOCC2)nc(N2CCOCC2)n1. The van der Waals surface area contributed by atoms with Gasteiger partial charge in [-0.1, -0.05) is 36.4 Å². The topological polar surface area (TPSA) is 88.0 Å². The first-order chi connectivity index (χ1) is 14.4. The van der Waals surface area contributed by atoms with Crippen LogP contribution in [0.5, 0.6) is 0 Å². The van der Waals surface area contributed by atoms with Crippen LogP contribution >= 0.6 is 0 Å². The van der Waals surface area contributed by atoms with Crippen LogP contribution in [0.25, 0.3) is 6.08 Å². The lowest BCUT2D eigenvalue weighted by molar-refractivity contribution is 0.121. The second-order valence-electron chi connectivity index (χ2n) is 6.62. The number of benzene rings is 1. The number of aromatic nitrogens is 3. The van der Waals surface area contributed by atoms with E-state index in [1.165, 1.54) is 0 Å². The highest BCUT2D eigenvalue weighted by molar-refractivity contribution is 5.78. The molecular weight excluding hydrogens is 370 g/mol. The van der Waals surface area contributed by atoms with Crippen LogP contribution in [0, 0.1) is 0 Å². The molecule has 1 aromatic carbocycles. The van der Waals surface area contributed by atoms with Crippen LogP contribution in [0.2, 0.25) is 0 Å². The van der Waals surface area contributed by atoms with E-state index in [1.807, 2.05) is 42.5 Å². The highest BCUT2D eigenvalue weighted by atomic mass is 16.5. The van der Waals surface area contributed by atoms with Gasteiger partial charge in [0.1, 0.15) is 0 Å². The highest BCUT2D eigenvalue weighted by Gasteiger charge is 2.20. The fraction of sp³-hybridized carbons (Fsp3) is 0.400. The first-order valence-corrected chi connectivity index (χ1v) is 9.81. The zero-order valence-corrected chi connectivity index (χ0v) is 16.3. The molecule has 2 aliphatic rings. The maximum atomic E-state index is 5.44. The molecular formula is C20H25N7O2. The van der Waals surface area contributed by atoms with Crippen LogP contribution in [-0.4, -0.2) is 73.8 Å². The van der Waals surface area contributed by atoms with Gasteiger partial charge in [0.2, 0.25) is 17.8 Å². The fourth-order valence-electron chi connectivity index (χ4n) is 3.07. The maximum Gasteiger partial charge on any atom is 0.250 e. The monoisotopic (exact) mass is 395 g/mol. The molecule has 9 nitrogen and oxygen atoms in total. The second kappa shape index (κ2) is 9.94. The minimum absolute atomic E-state index is 0.423. The van der Waals surface area contributed by atoms with E-state index in [4.69, 9.17) is 9.47 Å². The van der Waals surface area contributed by atoms with Gasteiger partial charge >= 0.3 is 0 Å². The van der Waals surface area contributed by atoms with Gasteiger partial charge in [-0.25, -0.2) is 5.43 Å². The molecule has 0 radical (unpaired) electrons. The van der Waals surface area contributed by atoms with Crippen LogP contribution in [0.4, 0.5) is 17.8 Å². The summed E-state index contributed by atoms with van der Waals surface area (Å²) < 4.78 is 10.9. The van der Waals surface area contributed by atoms with Crippen LogP contribution in [-0.2, 0) is 9.47 Å². The predicted molar refractivity (Wildman–Crippen MR) is 113 cm³/mol. The molecule has 4 rings (SSSR count). The summed E-state index contributed by atoms with van der Waals surface area (Å²) in [5.74, 6) is 1.71. The smallest absolute Gasteiger partial charge is 0.250 e. The van der Waals surface area contributed by atoms with E-state index < -0.39 is 0 Å². The van der Waals surface area contributed by atoms with Crippen LogP contribution in [0.15, 0.2) is 41.5 Å². The summed E-state index contributed by atoms with van der Waals surface area (Å²) in [4.78, 5) is 18.0. The molecule has 2 saturated heterocycles. The minimum Gasteiger partial charge on any atom is -0.378 e. The lowest BCUT2D eigenvalue weighted by atomic mass is 10.2. The number of ether oxygens (including phenoxy) is 2. The molecule has 1 aromatic heterocycles. The molecule has 9 heteroatoms. The third-order valence-corrected chi connectivity index (χ3v) is 4.61. The van der Waals surface area contributed by atoms with Gasteiger partial charge < -0.3 is 19.3 Å². The molecule has 3 heterocycles. The van der Waals surface area contributed by atoms with Crippen LogP contribution in [0.3, 0.4) is 0 Å². The molecule has 2 fully saturated rings. The van der Waals surface area contributed by atoms with E-state index in [0.29, 0.717) is 44.3 Å². The molecule has 0 unspecified atom stereocenters. The molecule has 0 amide bonds. The number of nitrogens with zero attached hydrogens (tertiary/aromatic N) is 6. The molecule has 29 heavy (non-hydrogen) atoms. The summed E-state index contributed by atoms with van der Waals surface area (Å²) in [6, 6.07) is 10.1. The maximum absolute atomic E-state index is 5.44. The molecule has 1 N–H and O–H groups in total. The van der Waals surface area contributed by atoms with Crippen molar-refractivity contribution >= 4 is 30.1 Å². The highest BCUT2D eigenvalue weighted by Crippen LogP contribution is 2.18. The first-order valence-electron chi connectivity index (χ1n) is 9.81. The average Bonchev–Trinajstić information content (AvgIpc) is 2.80. The second-order valence-corrected chi connectivity index (χ2v) is 6.62. The summed E-state index contributed by atoms with van der Waals surface area (Å²) in [7, 11) is 0. The molecule has 0 bridgehead atoms. The van der Waals surface area contributed by atoms with Crippen molar-refractivity contribution in [2.24, 2.45) is 5.10 Å². The largest absolute Gasteiger partial charge is 0.378 e. The van der Waals surface area contributed by atoms with E-state index in [0.717, 1.165) is 31.7 Å². The summed E-state index contributed by atoms with van der Waals surface area (Å²) in [6.45, 7) is 5.72.